The van der Waals surface area contributed by atoms with Crippen LogP contribution in [-0.4, -0.2) is 48.6 Å². The zero-order valence-electron chi connectivity index (χ0n) is 17.4. The lowest BCUT2D eigenvalue weighted by molar-refractivity contribution is -0.142. The van der Waals surface area contributed by atoms with Gasteiger partial charge in [-0.15, -0.1) is 0 Å². The monoisotopic (exact) mass is 464 g/mol. The minimum atomic E-state index is -0.695. The molecule has 2 aromatic rings. The Morgan fingerprint density at radius 1 is 1.19 bits per heavy atom. The van der Waals surface area contributed by atoms with Gasteiger partial charge >= 0.3 is 0 Å². The maximum Gasteiger partial charge on any atom is 0.261 e. The second kappa shape index (κ2) is 11.4. The Morgan fingerprint density at radius 2 is 1.94 bits per heavy atom. The second-order valence-electron chi connectivity index (χ2n) is 7.42. The molecule has 166 valence electrons. The maximum absolute atomic E-state index is 13.0. The number of carbonyl (C=O) groups excluding carboxylic acids is 2. The zero-order valence-corrected chi connectivity index (χ0v) is 18.9. The molecule has 1 saturated heterocycles. The summed E-state index contributed by atoms with van der Waals surface area (Å²) in [5, 5.41) is 3.92. The molecule has 2 amide bonds. The predicted octanol–water partition coefficient (Wildman–Crippen LogP) is 4.08. The predicted molar refractivity (Wildman–Crippen MR) is 120 cm³/mol. The fourth-order valence-corrected chi connectivity index (χ4v) is 3.64. The molecule has 0 unspecified atom stereocenters. The lowest BCUT2D eigenvalue weighted by atomic mass is 10.1. The SMILES string of the molecule is C[C@H](C(=O)NC[C@@H]1CCCO1)N(Cc1ccc(Cl)cc1)C(=O)COc1ccccc1Cl. The van der Waals surface area contributed by atoms with E-state index in [1.54, 1.807) is 43.3 Å². The van der Waals surface area contributed by atoms with Crippen molar-refractivity contribution in [3.05, 3.63) is 64.1 Å². The average Bonchev–Trinajstić information content (AvgIpc) is 3.29. The molecule has 2 aromatic carbocycles. The molecule has 0 aliphatic carbocycles. The van der Waals surface area contributed by atoms with Gasteiger partial charge < -0.3 is 19.7 Å². The van der Waals surface area contributed by atoms with Gasteiger partial charge in [0.25, 0.3) is 5.91 Å². The molecule has 2 atom stereocenters. The van der Waals surface area contributed by atoms with Crippen LogP contribution in [0, 0.1) is 0 Å². The van der Waals surface area contributed by atoms with Gasteiger partial charge in [0.05, 0.1) is 11.1 Å². The number of hydrogen-bond donors (Lipinski definition) is 1. The third-order valence-corrected chi connectivity index (χ3v) is 5.71. The average molecular weight is 465 g/mol. The number of halogens is 2. The van der Waals surface area contributed by atoms with Crippen LogP contribution in [0.25, 0.3) is 0 Å². The van der Waals surface area contributed by atoms with Crippen LogP contribution >= 0.6 is 23.2 Å². The first-order valence-electron chi connectivity index (χ1n) is 10.2. The van der Waals surface area contributed by atoms with Gasteiger partial charge in [0.1, 0.15) is 11.8 Å². The van der Waals surface area contributed by atoms with Gasteiger partial charge in [-0.05, 0) is 49.6 Å². The van der Waals surface area contributed by atoms with E-state index >= 15 is 0 Å². The third kappa shape index (κ3) is 6.86. The minimum Gasteiger partial charge on any atom is -0.482 e. The molecule has 3 rings (SSSR count). The molecule has 0 bridgehead atoms. The van der Waals surface area contributed by atoms with Crippen LogP contribution in [0.3, 0.4) is 0 Å². The molecular weight excluding hydrogens is 439 g/mol. The van der Waals surface area contributed by atoms with Gasteiger partial charge in [-0.2, -0.15) is 0 Å². The van der Waals surface area contributed by atoms with Crippen molar-refractivity contribution >= 4 is 35.0 Å². The standard InChI is InChI=1S/C23H26Cl2N2O4/c1-16(23(29)26-13-19-5-4-12-30-19)27(14-17-8-10-18(24)11-9-17)22(28)15-31-21-7-3-2-6-20(21)25/h2-3,6-11,16,19H,4-5,12-15H2,1H3,(H,26,29)/t16-,19+/m1/s1. The van der Waals surface area contributed by atoms with Crippen molar-refractivity contribution in [2.75, 3.05) is 19.8 Å². The van der Waals surface area contributed by atoms with Gasteiger partial charge in [0.15, 0.2) is 6.61 Å². The normalized spacial score (nSPS) is 16.5. The van der Waals surface area contributed by atoms with Gasteiger partial charge in [-0.1, -0.05) is 47.5 Å². The molecule has 0 saturated carbocycles. The summed E-state index contributed by atoms with van der Waals surface area (Å²) in [4.78, 5) is 27.3. The highest BCUT2D eigenvalue weighted by molar-refractivity contribution is 6.32. The Morgan fingerprint density at radius 3 is 2.61 bits per heavy atom. The van der Waals surface area contributed by atoms with Crippen molar-refractivity contribution in [3.63, 3.8) is 0 Å². The molecule has 1 fully saturated rings. The summed E-state index contributed by atoms with van der Waals surface area (Å²) < 4.78 is 11.2. The summed E-state index contributed by atoms with van der Waals surface area (Å²) in [6, 6.07) is 13.4. The highest BCUT2D eigenvalue weighted by Gasteiger charge is 2.27. The Hall–Kier alpha value is -2.28. The molecule has 31 heavy (non-hydrogen) atoms. The van der Waals surface area contributed by atoms with Crippen LogP contribution in [0.4, 0.5) is 0 Å². The zero-order chi connectivity index (χ0) is 22.2. The van der Waals surface area contributed by atoms with Crippen LogP contribution in [-0.2, 0) is 20.9 Å². The van der Waals surface area contributed by atoms with Crippen molar-refractivity contribution in [2.24, 2.45) is 0 Å². The fraction of sp³-hybridized carbons (Fsp3) is 0.391. The van der Waals surface area contributed by atoms with Crippen molar-refractivity contribution in [3.8, 4) is 5.75 Å². The van der Waals surface area contributed by atoms with Gasteiger partial charge in [-0.3, -0.25) is 9.59 Å². The van der Waals surface area contributed by atoms with Crippen LogP contribution in [0.2, 0.25) is 10.0 Å². The Kier molecular flexibility index (Phi) is 8.58. The third-order valence-electron chi connectivity index (χ3n) is 5.15. The Bertz CT molecular complexity index is 885. The summed E-state index contributed by atoms with van der Waals surface area (Å²) in [5.41, 5.74) is 0.856. The number of rotatable bonds is 9. The quantitative estimate of drug-likeness (QED) is 0.606. The largest absolute Gasteiger partial charge is 0.482 e. The van der Waals surface area contributed by atoms with Crippen molar-refractivity contribution in [2.45, 2.75) is 38.5 Å². The number of hydrogen-bond acceptors (Lipinski definition) is 4. The molecule has 6 nitrogen and oxygen atoms in total. The summed E-state index contributed by atoms with van der Waals surface area (Å²) in [5.74, 6) is -0.148. The number of carbonyl (C=O) groups is 2. The first kappa shape index (κ1) is 23.4. The number of ether oxygens (including phenoxy) is 2. The van der Waals surface area contributed by atoms with Crippen LogP contribution < -0.4 is 10.1 Å². The number of para-hydroxylation sites is 1. The van der Waals surface area contributed by atoms with E-state index < -0.39 is 6.04 Å². The van der Waals surface area contributed by atoms with E-state index in [1.165, 1.54) is 4.90 Å². The summed E-state index contributed by atoms with van der Waals surface area (Å²) in [6.07, 6.45) is 1.95. The molecule has 1 aliphatic rings. The molecule has 0 spiro atoms. The summed E-state index contributed by atoms with van der Waals surface area (Å²) in [6.45, 7) is 2.87. The first-order valence-corrected chi connectivity index (χ1v) is 11.0. The Balaban J connectivity index is 1.67. The molecule has 1 aliphatic heterocycles. The van der Waals surface area contributed by atoms with E-state index in [4.69, 9.17) is 32.7 Å². The fourth-order valence-electron chi connectivity index (χ4n) is 3.32. The number of benzene rings is 2. The van der Waals surface area contributed by atoms with Gasteiger partial charge in [0.2, 0.25) is 5.91 Å². The highest BCUT2D eigenvalue weighted by atomic mass is 35.5. The smallest absolute Gasteiger partial charge is 0.261 e. The molecule has 0 radical (unpaired) electrons. The number of nitrogens with zero attached hydrogens (tertiary/aromatic N) is 1. The van der Waals surface area contributed by atoms with E-state index in [9.17, 15) is 9.59 Å². The second-order valence-corrected chi connectivity index (χ2v) is 8.27. The van der Waals surface area contributed by atoms with E-state index in [0.29, 0.717) is 22.3 Å². The lowest BCUT2D eigenvalue weighted by Gasteiger charge is -2.29. The van der Waals surface area contributed by atoms with Crippen molar-refractivity contribution < 1.29 is 19.1 Å². The van der Waals surface area contributed by atoms with E-state index in [1.807, 2.05) is 12.1 Å². The van der Waals surface area contributed by atoms with Gasteiger partial charge in [0, 0.05) is 24.7 Å². The van der Waals surface area contributed by atoms with Crippen molar-refractivity contribution in [1.82, 2.24) is 10.2 Å². The first-order chi connectivity index (χ1) is 14.9. The Labute approximate surface area is 192 Å². The van der Waals surface area contributed by atoms with E-state index in [2.05, 4.69) is 5.32 Å². The van der Waals surface area contributed by atoms with E-state index in [-0.39, 0.29) is 31.1 Å². The summed E-state index contributed by atoms with van der Waals surface area (Å²) >= 11 is 12.1. The molecule has 1 N–H and O–H groups in total. The minimum absolute atomic E-state index is 0.0279. The molecule has 1 heterocycles. The molecular formula is C23H26Cl2N2O4. The van der Waals surface area contributed by atoms with Gasteiger partial charge in [-0.25, -0.2) is 0 Å². The summed E-state index contributed by atoms with van der Waals surface area (Å²) in [7, 11) is 0. The van der Waals surface area contributed by atoms with E-state index in [0.717, 1.165) is 25.0 Å². The lowest BCUT2D eigenvalue weighted by Crippen LogP contribution is -2.50. The number of nitrogens with one attached hydrogen (secondary N) is 1. The molecule has 0 aromatic heterocycles. The molecule has 8 heteroatoms. The topological polar surface area (TPSA) is 67.9 Å². The maximum atomic E-state index is 13.0. The van der Waals surface area contributed by atoms with Crippen LogP contribution in [0.15, 0.2) is 48.5 Å². The van der Waals surface area contributed by atoms with Crippen LogP contribution in [0.1, 0.15) is 25.3 Å². The van der Waals surface area contributed by atoms with Crippen molar-refractivity contribution in [1.29, 1.82) is 0 Å². The van der Waals surface area contributed by atoms with Crippen LogP contribution in [0.5, 0.6) is 5.75 Å². The highest BCUT2D eigenvalue weighted by Crippen LogP contribution is 2.23. The number of amides is 2.